The summed E-state index contributed by atoms with van der Waals surface area (Å²) < 4.78 is 8.47. The molecular weight excluding hydrogens is 286 g/mol. The molecule has 0 fully saturated rings. The topological polar surface area (TPSA) is 35.5 Å². The Morgan fingerprint density at radius 2 is 1.82 bits per heavy atom. The molecule has 0 aromatic heterocycles. The largest absolute Gasteiger partial charge is 0.497 e. The maximum atomic E-state index is 11.6. The monoisotopic (exact) mass is 296 g/mol. The van der Waals surface area contributed by atoms with Gasteiger partial charge in [0.25, 0.3) is 0 Å². The number of halogens is 3. The average molecular weight is 298 g/mol. The first-order chi connectivity index (χ1) is 7.92. The van der Waals surface area contributed by atoms with Gasteiger partial charge in [0.15, 0.2) is 5.78 Å². The van der Waals surface area contributed by atoms with Crippen molar-refractivity contribution in [3.63, 3.8) is 0 Å². The Bertz CT molecular complexity index is 371. The molecule has 94 valence electrons. The van der Waals surface area contributed by atoms with Gasteiger partial charge in [0.05, 0.1) is 13.7 Å². The summed E-state index contributed by atoms with van der Waals surface area (Å²) in [5.74, 6) is 0.505. The zero-order chi connectivity index (χ0) is 12.9. The summed E-state index contributed by atoms with van der Waals surface area (Å²) in [6.45, 7) is -0.250. The molecule has 0 N–H and O–H groups in total. The highest BCUT2D eigenvalue weighted by molar-refractivity contribution is 6.67. The van der Waals surface area contributed by atoms with Crippen LogP contribution in [0.2, 0.25) is 0 Å². The molecule has 0 radical (unpaired) electrons. The molecule has 0 amide bonds. The molecule has 0 aliphatic rings. The molecule has 0 heterocycles. The van der Waals surface area contributed by atoms with Gasteiger partial charge < -0.3 is 9.47 Å². The molecule has 1 aromatic rings. The van der Waals surface area contributed by atoms with Gasteiger partial charge in [-0.05, 0) is 24.3 Å². The number of hydrogen-bond donors (Lipinski definition) is 0. The Morgan fingerprint density at radius 3 is 2.29 bits per heavy atom. The van der Waals surface area contributed by atoms with E-state index in [1.807, 2.05) is 0 Å². The molecule has 0 saturated carbocycles. The van der Waals surface area contributed by atoms with Crippen LogP contribution in [-0.2, 0) is 4.74 Å². The number of carbonyl (C=O) groups excluding carboxylic acids is 1. The molecule has 3 nitrogen and oxygen atoms in total. The summed E-state index contributed by atoms with van der Waals surface area (Å²) in [6, 6.07) is 6.70. The van der Waals surface area contributed by atoms with Crippen molar-refractivity contribution in [1.29, 1.82) is 0 Å². The van der Waals surface area contributed by atoms with Crippen LogP contribution in [0.1, 0.15) is 10.4 Å². The van der Waals surface area contributed by atoms with Crippen molar-refractivity contribution in [3.05, 3.63) is 29.8 Å². The fourth-order valence-electron chi connectivity index (χ4n) is 1.12. The van der Waals surface area contributed by atoms with E-state index in [9.17, 15) is 4.79 Å². The van der Waals surface area contributed by atoms with Crippen LogP contribution in [-0.4, -0.2) is 29.9 Å². The molecule has 0 aliphatic heterocycles. The van der Waals surface area contributed by atoms with E-state index in [0.717, 1.165) is 0 Å². The maximum Gasteiger partial charge on any atom is 0.213 e. The first-order valence-corrected chi connectivity index (χ1v) is 5.87. The minimum absolute atomic E-state index is 0.125. The zero-order valence-corrected chi connectivity index (χ0v) is 11.4. The molecule has 17 heavy (non-hydrogen) atoms. The standard InChI is InChI=1S/C11H11Cl3O3/c1-16-9-4-2-8(3-5-9)10(15)6-17-7-11(12,13)14/h2-5H,6-7H2,1H3. The van der Waals surface area contributed by atoms with Gasteiger partial charge in [-0.3, -0.25) is 4.79 Å². The van der Waals surface area contributed by atoms with Crippen molar-refractivity contribution in [3.8, 4) is 5.75 Å². The first kappa shape index (κ1) is 14.6. The Kier molecular flexibility index (Phi) is 5.53. The third kappa shape index (κ3) is 5.59. The van der Waals surface area contributed by atoms with Gasteiger partial charge in [-0.15, -0.1) is 0 Å². The number of benzene rings is 1. The fraction of sp³-hybridized carbons (Fsp3) is 0.364. The van der Waals surface area contributed by atoms with E-state index in [1.54, 1.807) is 31.4 Å². The molecule has 6 heteroatoms. The first-order valence-electron chi connectivity index (χ1n) is 4.74. The third-order valence-corrected chi connectivity index (χ3v) is 2.24. The summed E-state index contributed by atoms with van der Waals surface area (Å²) in [7, 11) is 1.56. The lowest BCUT2D eigenvalue weighted by molar-refractivity contribution is 0.0769. The highest BCUT2D eigenvalue weighted by atomic mass is 35.6. The molecule has 0 unspecified atom stereocenters. The second-order valence-electron chi connectivity index (χ2n) is 3.26. The van der Waals surface area contributed by atoms with Crippen molar-refractivity contribution in [1.82, 2.24) is 0 Å². The number of ketones is 1. The average Bonchev–Trinajstić information content (AvgIpc) is 2.27. The zero-order valence-electron chi connectivity index (χ0n) is 9.08. The molecule has 0 bridgehead atoms. The van der Waals surface area contributed by atoms with Gasteiger partial charge in [-0.1, -0.05) is 34.8 Å². The second kappa shape index (κ2) is 6.45. The van der Waals surface area contributed by atoms with Crippen molar-refractivity contribution in [2.75, 3.05) is 20.3 Å². The van der Waals surface area contributed by atoms with Gasteiger partial charge in [0.1, 0.15) is 12.4 Å². The highest BCUT2D eigenvalue weighted by Gasteiger charge is 2.20. The summed E-state index contributed by atoms with van der Waals surface area (Å²) in [6.07, 6.45) is 0. The molecule has 0 spiro atoms. The fourth-order valence-corrected chi connectivity index (χ4v) is 1.35. The summed E-state index contributed by atoms with van der Waals surface area (Å²) >= 11 is 16.4. The van der Waals surface area contributed by atoms with Crippen molar-refractivity contribution < 1.29 is 14.3 Å². The summed E-state index contributed by atoms with van der Waals surface area (Å²) in [5, 5.41) is 0. The molecule has 0 aliphatic carbocycles. The Balaban J connectivity index is 2.47. The van der Waals surface area contributed by atoms with E-state index >= 15 is 0 Å². The number of carbonyl (C=O) groups is 1. The molecule has 0 saturated heterocycles. The number of Topliss-reactive ketones (excluding diaryl/α,β-unsaturated/α-hetero) is 1. The number of rotatable bonds is 5. The maximum absolute atomic E-state index is 11.6. The molecule has 1 aromatic carbocycles. The number of ether oxygens (including phenoxy) is 2. The van der Waals surface area contributed by atoms with Crippen molar-refractivity contribution >= 4 is 40.6 Å². The van der Waals surface area contributed by atoms with Crippen LogP contribution in [0.5, 0.6) is 5.75 Å². The van der Waals surface area contributed by atoms with Crippen LogP contribution < -0.4 is 4.74 Å². The van der Waals surface area contributed by atoms with Crippen LogP contribution in [0.4, 0.5) is 0 Å². The van der Waals surface area contributed by atoms with Crippen LogP contribution in [0, 0.1) is 0 Å². The normalized spacial score (nSPS) is 11.3. The van der Waals surface area contributed by atoms with E-state index < -0.39 is 3.79 Å². The van der Waals surface area contributed by atoms with E-state index in [4.69, 9.17) is 44.3 Å². The van der Waals surface area contributed by atoms with Gasteiger partial charge in [0.2, 0.25) is 3.79 Å². The van der Waals surface area contributed by atoms with Crippen molar-refractivity contribution in [2.24, 2.45) is 0 Å². The summed E-state index contributed by atoms with van der Waals surface area (Å²) in [5.41, 5.74) is 0.523. The van der Waals surface area contributed by atoms with Gasteiger partial charge in [-0.25, -0.2) is 0 Å². The van der Waals surface area contributed by atoms with Crippen LogP contribution in [0.15, 0.2) is 24.3 Å². The SMILES string of the molecule is COc1ccc(C(=O)COCC(Cl)(Cl)Cl)cc1. The van der Waals surface area contributed by atoms with E-state index in [0.29, 0.717) is 11.3 Å². The third-order valence-electron chi connectivity index (χ3n) is 1.91. The molecule has 1 rings (SSSR count). The number of alkyl halides is 3. The van der Waals surface area contributed by atoms with Crippen molar-refractivity contribution in [2.45, 2.75) is 3.79 Å². The van der Waals surface area contributed by atoms with Gasteiger partial charge in [0, 0.05) is 5.56 Å². The number of hydrogen-bond acceptors (Lipinski definition) is 3. The number of methoxy groups -OCH3 is 1. The minimum Gasteiger partial charge on any atom is -0.497 e. The van der Waals surface area contributed by atoms with Crippen LogP contribution in [0.3, 0.4) is 0 Å². The van der Waals surface area contributed by atoms with E-state index in [2.05, 4.69) is 0 Å². The lowest BCUT2D eigenvalue weighted by Gasteiger charge is -2.10. The molecule has 0 atom stereocenters. The second-order valence-corrected chi connectivity index (χ2v) is 5.78. The lowest BCUT2D eigenvalue weighted by Crippen LogP contribution is -2.17. The van der Waals surface area contributed by atoms with Crippen LogP contribution in [0.25, 0.3) is 0 Å². The Labute approximate surface area is 115 Å². The molecular formula is C11H11Cl3O3. The van der Waals surface area contributed by atoms with E-state index in [-0.39, 0.29) is 19.0 Å². The predicted molar refractivity (Wildman–Crippen MR) is 68.4 cm³/mol. The minimum atomic E-state index is -1.50. The predicted octanol–water partition coefficient (Wildman–Crippen LogP) is 3.26. The Morgan fingerprint density at radius 1 is 1.24 bits per heavy atom. The Hall–Kier alpha value is -0.480. The van der Waals surface area contributed by atoms with Crippen LogP contribution >= 0.6 is 34.8 Å². The van der Waals surface area contributed by atoms with Gasteiger partial charge in [-0.2, -0.15) is 0 Å². The highest BCUT2D eigenvalue weighted by Crippen LogP contribution is 2.25. The quantitative estimate of drug-likeness (QED) is 0.618. The summed E-state index contributed by atoms with van der Waals surface area (Å²) in [4.78, 5) is 11.6. The smallest absolute Gasteiger partial charge is 0.213 e. The van der Waals surface area contributed by atoms with Gasteiger partial charge >= 0.3 is 0 Å². The van der Waals surface area contributed by atoms with E-state index in [1.165, 1.54) is 0 Å². The lowest BCUT2D eigenvalue weighted by atomic mass is 10.1.